The second kappa shape index (κ2) is 6.77. The Morgan fingerprint density at radius 3 is 2.53 bits per heavy atom. The zero-order valence-electron chi connectivity index (χ0n) is 10.8. The highest BCUT2D eigenvalue weighted by molar-refractivity contribution is 5.19. The maximum absolute atomic E-state index is 4.44. The lowest BCUT2D eigenvalue weighted by atomic mass is 9.99. The third-order valence-corrected chi connectivity index (χ3v) is 3.55. The first kappa shape index (κ1) is 12.6. The quantitative estimate of drug-likeness (QED) is 0.761. The van der Waals surface area contributed by atoms with Gasteiger partial charge in [-0.1, -0.05) is 50.1 Å². The number of benzene rings is 1. The van der Waals surface area contributed by atoms with Crippen LogP contribution >= 0.6 is 0 Å². The molecular formula is C15H23N2. The molecule has 1 heterocycles. The molecule has 1 unspecified atom stereocenters. The molecule has 2 nitrogen and oxygen atoms in total. The molecule has 0 aromatic heterocycles. The minimum absolute atomic E-state index is 0.603. The van der Waals surface area contributed by atoms with Gasteiger partial charge in [-0.15, -0.1) is 0 Å². The highest BCUT2D eigenvalue weighted by Gasteiger charge is 2.21. The summed E-state index contributed by atoms with van der Waals surface area (Å²) in [5.41, 5.74) is 1.47. The van der Waals surface area contributed by atoms with Crippen molar-refractivity contribution in [3.05, 3.63) is 35.9 Å². The number of hydrogen-bond donors (Lipinski definition) is 0. The topological polar surface area (TPSA) is 17.3 Å². The van der Waals surface area contributed by atoms with Gasteiger partial charge in [-0.3, -0.25) is 4.90 Å². The summed E-state index contributed by atoms with van der Waals surface area (Å²) < 4.78 is 0. The van der Waals surface area contributed by atoms with Gasteiger partial charge in [0, 0.05) is 32.2 Å². The summed E-state index contributed by atoms with van der Waals surface area (Å²) in [4.78, 5) is 2.61. The van der Waals surface area contributed by atoms with E-state index in [0.717, 1.165) is 26.2 Å². The molecule has 1 saturated heterocycles. The highest BCUT2D eigenvalue weighted by atomic mass is 15.2. The van der Waals surface area contributed by atoms with Gasteiger partial charge >= 0.3 is 0 Å². The normalized spacial score (nSPS) is 19.1. The highest BCUT2D eigenvalue weighted by Crippen LogP contribution is 2.26. The van der Waals surface area contributed by atoms with E-state index in [0.29, 0.717) is 6.04 Å². The summed E-state index contributed by atoms with van der Waals surface area (Å²) in [5, 5.41) is 4.44. The number of rotatable bonds is 5. The zero-order valence-corrected chi connectivity index (χ0v) is 10.8. The second-order valence-corrected chi connectivity index (χ2v) is 4.78. The Kier molecular flexibility index (Phi) is 5.02. The second-order valence-electron chi connectivity index (χ2n) is 4.78. The molecule has 0 aliphatic carbocycles. The van der Waals surface area contributed by atoms with Crippen LogP contribution in [0.1, 0.15) is 37.8 Å². The van der Waals surface area contributed by atoms with E-state index < -0.39 is 0 Å². The average molecular weight is 231 g/mol. The fraction of sp³-hybridized carbons (Fsp3) is 0.600. The first-order valence-electron chi connectivity index (χ1n) is 6.84. The molecule has 0 spiro atoms. The van der Waals surface area contributed by atoms with Crippen LogP contribution in [-0.2, 0) is 0 Å². The Morgan fingerprint density at radius 2 is 1.88 bits per heavy atom. The lowest BCUT2D eigenvalue weighted by Crippen LogP contribution is -2.42. The molecule has 0 N–H and O–H groups in total. The molecule has 1 radical (unpaired) electrons. The van der Waals surface area contributed by atoms with Crippen molar-refractivity contribution in [3.8, 4) is 0 Å². The van der Waals surface area contributed by atoms with E-state index in [4.69, 9.17) is 0 Å². The van der Waals surface area contributed by atoms with Crippen molar-refractivity contribution in [2.24, 2.45) is 0 Å². The van der Waals surface area contributed by atoms with E-state index >= 15 is 0 Å². The van der Waals surface area contributed by atoms with E-state index in [1.54, 1.807) is 0 Å². The Bertz CT molecular complexity index is 304. The Morgan fingerprint density at radius 1 is 1.18 bits per heavy atom. The zero-order chi connectivity index (χ0) is 11.9. The van der Waals surface area contributed by atoms with Gasteiger partial charge < -0.3 is 0 Å². The van der Waals surface area contributed by atoms with Gasteiger partial charge in [0.05, 0.1) is 0 Å². The molecule has 1 aromatic rings. The standard InChI is InChI=1S/C15H23N2/c1-2-3-9-15(14-7-5-4-6-8-14)17-12-10-16-11-13-17/h4-8,15H,2-3,9-13H2,1H3. The maximum Gasteiger partial charge on any atom is 0.0349 e. The summed E-state index contributed by atoms with van der Waals surface area (Å²) in [6.07, 6.45) is 3.87. The van der Waals surface area contributed by atoms with E-state index in [1.807, 2.05) is 0 Å². The van der Waals surface area contributed by atoms with Gasteiger partial charge in [0.25, 0.3) is 0 Å². The minimum atomic E-state index is 0.603. The van der Waals surface area contributed by atoms with Crippen molar-refractivity contribution in [1.29, 1.82) is 0 Å². The van der Waals surface area contributed by atoms with Gasteiger partial charge in [0.15, 0.2) is 0 Å². The molecule has 1 aliphatic heterocycles. The Labute approximate surface area is 105 Å². The largest absolute Gasteiger partial charge is 0.294 e. The summed E-state index contributed by atoms with van der Waals surface area (Å²) in [6, 6.07) is 11.6. The summed E-state index contributed by atoms with van der Waals surface area (Å²) in [7, 11) is 0. The predicted octanol–water partition coefficient (Wildman–Crippen LogP) is 2.84. The molecule has 2 heteroatoms. The molecule has 1 aliphatic rings. The summed E-state index contributed by atoms with van der Waals surface area (Å²) in [6.45, 7) is 6.55. The first-order valence-corrected chi connectivity index (χ1v) is 6.84. The van der Waals surface area contributed by atoms with Gasteiger partial charge in [-0.05, 0) is 12.0 Å². The minimum Gasteiger partial charge on any atom is -0.294 e. The third-order valence-electron chi connectivity index (χ3n) is 3.55. The molecule has 93 valence electrons. The van der Waals surface area contributed by atoms with Gasteiger partial charge in [0.2, 0.25) is 0 Å². The van der Waals surface area contributed by atoms with E-state index in [9.17, 15) is 0 Å². The van der Waals surface area contributed by atoms with E-state index in [1.165, 1.54) is 24.8 Å². The molecular weight excluding hydrogens is 208 g/mol. The number of hydrogen-bond acceptors (Lipinski definition) is 1. The van der Waals surface area contributed by atoms with Crippen LogP contribution in [0.2, 0.25) is 0 Å². The Hall–Kier alpha value is -0.860. The molecule has 0 bridgehead atoms. The van der Waals surface area contributed by atoms with Gasteiger partial charge in [0.1, 0.15) is 0 Å². The molecule has 1 atom stereocenters. The molecule has 0 saturated carbocycles. The van der Waals surface area contributed by atoms with Crippen LogP contribution in [0.15, 0.2) is 30.3 Å². The van der Waals surface area contributed by atoms with Crippen molar-refractivity contribution in [1.82, 2.24) is 10.2 Å². The lowest BCUT2D eigenvalue weighted by Gasteiger charge is -2.34. The number of unbranched alkanes of at least 4 members (excludes halogenated alkanes) is 1. The van der Waals surface area contributed by atoms with Crippen LogP contribution in [0.4, 0.5) is 0 Å². The van der Waals surface area contributed by atoms with E-state index in [-0.39, 0.29) is 0 Å². The van der Waals surface area contributed by atoms with Crippen LogP contribution < -0.4 is 5.32 Å². The van der Waals surface area contributed by atoms with E-state index in [2.05, 4.69) is 47.5 Å². The third kappa shape index (κ3) is 3.55. The smallest absolute Gasteiger partial charge is 0.0349 e. The van der Waals surface area contributed by atoms with Crippen molar-refractivity contribution in [3.63, 3.8) is 0 Å². The average Bonchev–Trinajstić information content (AvgIpc) is 2.42. The predicted molar refractivity (Wildman–Crippen MR) is 72.1 cm³/mol. The van der Waals surface area contributed by atoms with Crippen LogP contribution in [0, 0.1) is 0 Å². The SMILES string of the molecule is CCCCC(c1ccccc1)N1CC[N]CC1. The van der Waals surface area contributed by atoms with Gasteiger partial charge in [-0.2, -0.15) is 0 Å². The van der Waals surface area contributed by atoms with Crippen LogP contribution in [0.5, 0.6) is 0 Å². The Balaban J connectivity index is 2.06. The number of nitrogens with zero attached hydrogens (tertiary/aromatic N) is 2. The van der Waals surface area contributed by atoms with Crippen molar-refractivity contribution < 1.29 is 0 Å². The van der Waals surface area contributed by atoms with Gasteiger partial charge in [-0.25, -0.2) is 5.32 Å². The molecule has 17 heavy (non-hydrogen) atoms. The fourth-order valence-corrected chi connectivity index (χ4v) is 2.57. The van der Waals surface area contributed by atoms with Crippen LogP contribution in [-0.4, -0.2) is 31.1 Å². The van der Waals surface area contributed by atoms with Crippen LogP contribution in [0.25, 0.3) is 0 Å². The monoisotopic (exact) mass is 231 g/mol. The molecule has 0 amide bonds. The summed E-state index contributed by atoms with van der Waals surface area (Å²) in [5.74, 6) is 0. The van der Waals surface area contributed by atoms with Crippen molar-refractivity contribution in [2.75, 3.05) is 26.2 Å². The first-order chi connectivity index (χ1) is 8.42. The number of piperazine rings is 1. The molecule has 2 rings (SSSR count). The maximum atomic E-state index is 4.44. The van der Waals surface area contributed by atoms with Crippen LogP contribution in [0.3, 0.4) is 0 Å². The summed E-state index contributed by atoms with van der Waals surface area (Å²) >= 11 is 0. The molecule has 1 aromatic carbocycles. The lowest BCUT2D eigenvalue weighted by molar-refractivity contribution is 0.161. The van der Waals surface area contributed by atoms with Crippen molar-refractivity contribution in [2.45, 2.75) is 32.2 Å². The molecule has 1 fully saturated rings. The fourth-order valence-electron chi connectivity index (χ4n) is 2.57. The van der Waals surface area contributed by atoms with Crippen molar-refractivity contribution >= 4 is 0 Å².